The largest absolute Gasteiger partial charge is 0.376 e. The summed E-state index contributed by atoms with van der Waals surface area (Å²) in [6, 6.07) is 1.79. The molecule has 5 nitrogen and oxygen atoms in total. The third-order valence-corrected chi connectivity index (χ3v) is 3.18. The van der Waals surface area contributed by atoms with Crippen molar-refractivity contribution in [3.05, 3.63) is 17.5 Å². The van der Waals surface area contributed by atoms with E-state index in [4.69, 9.17) is 9.26 Å². The van der Waals surface area contributed by atoms with Gasteiger partial charge < -0.3 is 14.2 Å². The van der Waals surface area contributed by atoms with E-state index < -0.39 is 0 Å². The maximum atomic E-state index is 12.0. The molecule has 1 atom stereocenters. The highest BCUT2D eigenvalue weighted by atomic mass is 16.5. The summed E-state index contributed by atoms with van der Waals surface area (Å²) in [4.78, 5) is 13.7. The minimum atomic E-state index is 0.0420. The monoisotopic (exact) mass is 252 g/mol. The molecule has 5 heteroatoms. The lowest BCUT2D eigenvalue weighted by atomic mass is 10.1. The van der Waals surface area contributed by atoms with Crippen molar-refractivity contribution in [3.8, 4) is 0 Å². The van der Waals surface area contributed by atoms with Crippen molar-refractivity contribution >= 4 is 5.91 Å². The normalized spacial score (nSPS) is 19.8. The molecular weight excluding hydrogens is 232 g/mol. The predicted molar refractivity (Wildman–Crippen MR) is 66.2 cm³/mol. The first-order valence-electron chi connectivity index (χ1n) is 6.43. The average Bonchev–Trinajstić information content (AvgIpc) is 2.76. The van der Waals surface area contributed by atoms with Gasteiger partial charge in [-0.2, -0.15) is 0 Å². The van der Waals surface area contributed by atoms with Crippen LogP contribution < -0.4 is 0 Å². The van der Waals surface area contributed by atoms with Crippen LogP contribution in [0.2, 0.25) is 0 Å². The zero-order valence-electron chi connectivity index (χ0n) is 11.0. The highest BCUT2D eigenvalue weighted by molar-refractivity contribution is 5.77. The zero-order valence-corrected chi connectivity index (χ0v) is 11.0. The summed E-state index contributed by atoms with van der Waals surface area (Å²) in [7, 11) is 1.81. The number of ether oxygens (including phenoxy) is 1. The van der Waals surface area contributed by atoms with Gasteiger partial charge >= 0.3 is 0 Å². The molecule has 2 rings (SSSR count). The van der Waals surface area contributed by atoms with Gasteiger partial charge in [0, 0.05) is 26.3 Å². The minimum Gasteiger partial charge on any atom is -0.376 e. The van der Waals surface area contributed by atoms with E-state index in [1.807, 2.05) is 14.0 Å². The highest BCUT2D eigenvalue weighted by Gasteiger charge is 2.19. The van der Waals surface area contributed by atoms with Gasteiger partial charge in [-0.25, -0.2) is 0 Å². The van der Waals surface area contributed by atoms with Gasteiger partial charge in [0.2, 0.25) is 5.91 Å². The van der Waals surface area contributed by atoms with Crippen LogP contribution in [0, 0.1) is 6.92 Å². The molecule has 0 aromatic carbocycles. The van der Waals surface area contributed by atoms with Crippen LogP contribution in [0.15, 0.2) is 10.6 Å². The molecule has 1 aromatic heterocycles. The second-order valence-corrected chi connectivity index (χ2v) is 4.87. The van der Waals surface area contributed by atoms with Crippen LogP contribution in [-0.2, 0) is 16.0 Å². The molecule has 1 aromatic rings. The van der Waals surface area contributed by atoms with Crippen molar-refractivity contribution in [2.75, 3.05) is 20.2 Å². The number of aryl methyl sites for hydroxylation is 1. The molecule has 0 saturated carbocycles. The van der Waals surface area contributed by atoms with E-state index in [9.17, 15) is 4.79 Å². The molecule has 0 bridgehead atoms. The van der Waals surface area contributed by atoms with Crippen LogP contribution in [0.5, 0.6) is 0 Å². The second-order valence-electron chi connectivity index (χ2n) is 4.87. The molecule has 1 aliphatic heterocycles. The highest BCUT2D eigenvalue weighted by Crippen LogP contribution is 2.14. The van der Waals surface area contributed by atoms with Crippen molar-refractivity contribution < 1.29 is 14.1 Å². The number of carbonyl (C=O) groups is 1. The third kappa shape index (κ3) is 3.57. The lowest BCUT2D eigenvalue weighted by Gasteiger charge is -2.27. The molecule has 1 saturated heterocycles. The Kier molecular flexibility index (Phi) is 4.36. The number of rotatable bonds is 4. The number of aromatic nitrogens is 1. The van der Waals surface area contributed by atoms with Gasteiger partial charge in [0.25, 0.3) is 0 Å². The van der Waals surface area contributed by atoms with E-state index in [1.165, 1.54) is 6.42 Å². The molecule has 100 valence electrons. The molecule has 2 heterocycles. The van der Waals surface area contributed by atoms with Crippen LogP contribution in [0.1, 0.15) is 30.7 Å². The molecule has 0 unspecified atom stereocenters. The van der Waals surface area contributed by atoms with Crippen molar-refractivity contribution in [2.24, 2.45) is 0 Å². The SMILES string of the molecule is Cc1cc(CC(=O)N(C)C[C@H]2CCCCO2)on1. The maximum Gasteiger partial charge on any atom is 0.230 e. The number of carbonyl (C=O) groups excluding carboxylic acids is 1. The fourth-order valence-electron chi connectivity index (χ4n) is 2.14. The quantitative estimate of drug-likeness (QED) is 0.816. The standard InChI is InChI=1S/C13H20N2O3/c1-10-7-12(18-14-10)8-13(16)15(2)9-11-5-3-4-6-17-11/h7,11H,3-6,8-9H2,1-2H3/t11-/m1/s1. The summed E-state index contributed by atoms with van der Waals surface area (Å²) < 4.78 is 10.7. The Labute approximate surface area is 107 Å². The summed E-state index contributed by atoms with van der Waals surface area (Å²) in [6.07, 6.45) is 3.81. The molecule has 1 amide bonds. The van der Waals surface area contributed by atoms with Gasteiger partial charge in [-0.3, -0.25) is 4.79 Å². The van der Waals surface area contributed by atoms with E-state index in [2.05, 4.69) is 5.16 Å². The van der Waals surface area contributed by atoms with Crippen molar-refractivity contribution in [3.63, 3.8) is 0 Å². The van der Waals surface area contributed by atoms with Crippen LogP contribution in [0.4, 0.5) is 0 Å². The minimum absolute atomic E-state index is 0.0420. The third-order valence-electron chi connectivity index (χ3n) is 3.18. The number of hydrogen-bond donors (Lipinski definition) is 0. The molecule has 1 fully saturated rings. The second kappa shape index (κ2) is 6.00. The van der Waals surface area contributed by atoms with E-state index in [-0.39, 0.29) is 18.4 Å². The molecular formula is C13H20N2O3. The fourth-order valence-corrected chi connectivity index (χ4v) is 2.14. The first kappa shape index (κ1) is 13.1. The Hall–Kier alpha value is -1.36. The van der Waals surface area contributed by atoms with Gasteiger partial charge in [-0.1, -0.05) is 5.16 Å². The Balaban J connectivity index is 1.80. The Morgan fingerprint density at radius 2 is 2.39 bits per heavy atom. The smallest absolute Gasteiger partial charge is 0.230 e. The maximum absolute atomic E-state index is 12.0. The van der Waals surface area contributed by atoms with Crippen LogP contribution in [-0.4, -0.2) is 42.3 Å². The number of hydrogen-bond acceptors (Lipinski definition) is 4. The molecule has 1 aliphatic rings. The summed E-state index contributed by atoms with van der Waals surface area (Å²) in [5.74, 6) is 0.661. The van der Waals surface area contributed by atoms with E-state index in [1.54, 1.807) is 11.0 Å². The summed E-state index contributed by atoms with van der Waals surface area (Å²) in [5, 5.41) is 3.77. The lowest BCUT2D eigenvalue weighted by molar-refractivity contribution is -0.131. The molecule has 0 radical (unpaired) electrons. The Morgan fingerprint density at radius 3 is 3.00 bits per heavy atom. The first-order valence-corrected chi connectivity index (χ1v) is 6.43. The van der Waals surface area contributed by atoms with Gasteiger partial charge in [-0.15, -0.1) is 0 Å². The van der Waals surface area contributed by atoms with Gasteiger partial charge in [0.15, 0.2) is 0 Å². The number of amides is 1. The lowest BCUT2D eigenvalue weighted by Crippen LogP contribution is -2.37. The topological polar surface area (TPSA) is 55.6 Å². The van der Waals surface area contributed by atoms with Gasteiger partial charge in [-0.05, 0) is 26.2 Å². The summed E-state index contributed by atoms with van der Waals surface area (Å²) >= 11 is 0. The Bertz CT molecular complexity index is 397. The van der Waals surface area contributed by atoms with Gasteiger partial charge in [0.05, 0.1) is 18.2 Å². The Morgan fingerprint density at radius 1 is 1.56 bits per heavy atom. The number of nitrogens with zero attached hydrogens (tertiary/aromatic N) is 2. The van der Waals surface area contributed by atoms with E-state index >= 15 is 0 Å². The first-order chi connectivity index (χ1) is 8.65. The molecule has 0 spiro atoms. The predicted octanol–water partition coefficient (Wildman–Crippen LogP) is 1.55. The van der Waals surface area contributed by atoms with Crippen molar-refractivity contribution in [1.82, 2.24) is 10.1 Å². The van der Waals surface area contributed by atoms with Crippen molar-refractivity contribution in [1.29, 1.82) is 0 Å². The van der Waals surface area contributed by atoms with Crippen LogP contribution in [0.3, 0.4) is 0 Å². The average molecular weight is 252 g/mol. The summed E-state index contributed by atoms with van der Waals surface area (Å²) in [6.45, 7) is 3.32. The van der Waals surface area contributed by atoms with Crippen LogP contribution in [0.25, 0.3) is 0 Å². The van der Waals surface area contributed by atoms with E-state index in [0.29, 0.717) is 12.3 Å². The number of likely N-dealkylation sites (N-methyl/N-ethyl adjacent to an activating group) is 1. The van der Waals surface area contributed by atoms with Crippen LogP contribution >= 0.6 is 0 Å². The van der Waals surface area contributed by atoms with E-state index in [0.717, 1.165) is 25.1 Å². The van der Waals surface area contributed by atoms with Gasteiger partial charge in [0.1, 0.15) is 5.76 Å². The molecule has 0 N–H and O–H groups in total. The van der Waals surface area contributed by atoms with Crippen molar-refractivity contribution in [2.45, 2.75) is 38.7 Å². The fraction of sp³-hybridized carbons (Fsp3) is 0.692. The zero-order chi connectivity index (χ0) is 13.0. The molecule has 0 aliphatic carbocycles. The molecule has 18 heavy (non-hydrogen) atoms. The summed E-state index contributed by atoms with van der Waals surface area (Å²) in [5.41, 5.74) is 0.802.